The number of aliphatic hydroxyl groups is 1. The predicted octanol–water partition coefficient (Wildman–Crippen LogP) is 2.93. The molecular formula is C31H35N3O7S. The largest absolute Gasteiger partial charge is 0.494 e. The molecule has 3 aromatic carbocycles. The Morgan fingerprint density at radius 3 is 2.33 bits per heavy atom. The first-order chi connectivity index (χ1) is 20.4. The lowest BCUT2D eigenvalue weighted by molar-refractivity contribution is -0.136. The Hall–Kier alpha value is -3.77. The highest BCUT2D eigenvalue weighted by Crippen LogP contribution is 2.43. The number of hydrogen-bond donors (Lipinski definition) is 2. The minimum absolute atomic E-state index is 0.0399. The highest BCUT2D eigenvalue weighted by atomic mass is 32.2. The van der Waals surface area contributed by atoms with Gasteiger partial charge in [0.1, 0.15) is 5.75 Å². The third-order valence-electron chi connectivity index (χ3n) is 7.26. The Kier molecular flexibility index (Phi) is 9.53. The molecule has 42 heavy (non-hydrogen) atoms. The van der Waals surface area contributed by atoms with Gasteiger partial charge in [-0.1, -0.05) is 48.5 Å². The molecule has 2 atom stereocenters. The van der Waals surface area contributed by atoms with Crippen molar-refractivity contribution in [2.45, 2.75) is 29.4 Å². The molecule has 0 aliphatic carbocycles. The lowest BCUT2D eigenvalue weighted by atomic mass is 9.85. The van der Waals surface area contributed by atoms with Crippen molar-refractivity contribution in [3.8, 4) is 5.75 Å². The standard InChI is InChI=1S/C31H35N3O7S/c35-19-7-20-40-26-14-12-25(13-15-26)29-32-31(28(41-29)24-8-3-1-4-9-24,30(36)33-34-17-21-39-22-18-34)16-23-42(37,38)27-10-5-2-6-11-27/h1-6,8-15,28,35H,7,16-23H2,(H,33,36)/t28-,31-/m0/s1. The van der Waals surface area contributed by atoms with Gasteiger partial charge in [0.25, 0.3) is 5.91 Å². The van der Waals surface area contributed by atoms with Crippen molar-refractivity contribution in [3.05, 3.63) is 96.1 Å². The maximum atomic E-state index is 14.2. The van der Waals surface area contributed by atoms with Gasteiger partial charge >= 0.3 is 0 Å². The molecule has 1 amide bonds. The van der Waals surface area contributed by atoms with E-state index in [0.29, 0.717) is 56.2 Å². The topological polar surface area (TPSA) is 127 Å². The van der Waals surface area contributed by atoms with Crippen LogP contribution in [0.5, 0.6) is 5.75 Å². The van der Waals surface area contributed by atoms with E-state index in [2.05, 4.69) is 5.43 Å². The molecule has 2 heterocycles. The van der Waals surface area contributed by atoms with E-state index in [0.717, 1.165) is 0 Å². The molecule has 0 saturated carbocycles. The molecule has 0 unspecified atom stereocenters. The number of carbonyl (C=O) groups is 1. The first-order valence-corrected chi connectivity index (χ1v) is 15.6. The number of morpholine rings is 1. The summed E-state index contributed by atoms with van der Waals surface area (Å²) >= 11 is 0. The van der Waals surface area contributed by atoms with Crippen LogP contribution in [0.4, 0.5) is 0 Å². The fourth-order valence-corrected chi connectivity index (χ4v) is 6.34. The van der Waals surface area contributed by atoms with Gasteiger partial charge in [-0.3, -0.25) is 10.2 Å². The van der Waals surface area contributed by atoms with Crippen LogP contribution >= 0.6 is 0 Å². The maximum Gasteiger partial charge on any atom is 0.266 e. The van der Waals surface area contributed by atoms with Crippen LogP contribution in [-0.4, -0.2) is 81.1 Å². The number of ether oxygens (including phenoxy) is 3. The molecule has 10 nitrogen and oxygen atoms in total. The van der Waals surface area contributed by atoms with E-state index in [-0.39, 0.29) is 29.6 Å². The molecule has 2 aliphatic rings. The Bertz CT molecular complexity index is 1460. The summed E-state index contributed by atoms with van der Waals surface area (Å²) in [6, 6.07) is 24.6. The van der Waals surface area contributed by atoms with E-state index < -0.39 is 27.4 Å². The Morgan fingerprint density at radius 2 is 1.67 bits per heavy atom. The minimum atomic E-state index is -3.73. The third-order valence-corrected chi connectivity index (χ3v) is 8.99. The first kappa shape index (κ1) is 29.7. The average Bonchev–Trinajstić information content (AvgIpc) is 3.43. The first-order valence-electron chi connectivity index (χ1n) is 14.0. The van der Waals surface area contributed by atoms with Crippen LogP contribution < -0.4 is 10.2 Å². The van der Waals surface area contributed by atoms with Crippen LogP contribution in [0, 0.1) is 0 Å². The summed E-state index contributed by atoms with van der Waals surface area (Å²) in [7, 11) is -3.73. The molecule has 2 N–H and O–H groups in total. The SMILES string of the molecule is O=C(NN1CCOCC1)[C@@]1(CCS(=O)(=O)c2ccccc2)N=C(c2ccc(OCCCO)cc2)O[C@H]1c1ccccc1. The highest BCUT2D eigenvalue weighted by molar-refractivity contribution is 7.91. The summed E-state index contributed by atoms with van der Waals surface area (Å²) in [5, 5.41) is 10.8. The molecule has 0 radical (unpaired) electrons. The molecule has 3 aromatic rings. The van der Waals surface area contributed by atoms with Gasteiger partial charge < -0.3 is 19.3 Å². The number of carbonyl (C=O) groups excluding carboxylic acids is 1. The van der Waals surface area contributed by atoms with Crippen molar-refractivity contribution in [2.75, 3.05) is 45.3 Å². The summed E-state index contributed by atoms with van der Waals surface area (Å²) in [4.78, 5) is 19.3. The molecule has 0 spiro atoms. The van der Waals surface area contributed by atoms with Crippen LogP contribution in [0.25, 0.3) is 0 Å². The van der Waals surface area contributed by atoms with Crippen LogP contribution in [0.3, 0.4) is 0 Å². The lowest BCUT2D eigenvalue weighted by Gasteiger charge is -2.34. The fraction of sp³-hybridized carbons (Fsp3) is 0.355. The van der Waals surface area contributed by atoms with Crippen LogP contribution in [-0.2, 0) is 24.1 Å². The van der Waals surface area contributed by atoms with Gasteiger partial charge in [0.15, 0.2) is 21.5 Å². The van der Waals surface area contributed by atoms with Gasteiger partial charge in [-0.2, -0.15) is 0 Å². The van der Waals surface area contributed by atoms with Gasteiger partial charge in [-0.15, -0.1) is 0 Å². The van der Waals surface area contributed by atoms with E-state index in [9.17, 15) is 13.2 Å². The molecule has 5 rings (SSSR count). The number of hydrogen-bond acceptors (Lipinski definition) is 9. The second-order valence-electron chi connectivity index (χ2n) is 10.1. The van der Waals surface area contributed by atoms with Crippen molar-refractivity contribution in [2.24, 2.45) is 4.99 Å². The second kappa shape index (κ2) is 13.5. The van der Waals surface area contributed by atoms with Crippen molar-refractivity contribution in [1.29, 1.82) is 0 Å². The zero-order valence-corrected chi connectivity index (χ0v) is 24.0. The number of rotatable bonds is 12. The summed E-state index contributed by atoms with van der Waals surface area (Å²) in [6.07, 6.45) is -0.462. The van der Waals surface area contributed by atoms with Crippen LogP contribution in [0.2, 0.25) is 0 Å². The Labute approximate surface area is 245 Å². The summed E-state index contributed by atoms with van der Waals surface area (Å²) in [5.74, 6) is 0.102. The maximum absolute atomic E-state index is 14.2. The quantitative estimate of drug-likeness (QED) is 0.307. The zero-order chi connectivity index (χ0) is 29.4. The van der Waals surface area contributed by atoms with Crippen molar-refractivity contribution in [3.63, 3.8) is 0 Å². The van der Waals surface area contributed by atoms with Crippen molar-refractivity contribution >= 4 is 21.6 Å². The van der Waals surface area contributed by atoms with Gasteiger partial charge in [0.05, 0.1) is 30.5 Å². The smallest absolute Gasteiger partial charge is 0.266 e. The van der Waals surface area contributed by atoms with Gasteiger partial charge in [0.2, 0.25) is 5.90 Å². The number of amides is 1. The molecular weight excluding hydrogens is 558 g/mol. The second-order valence-corrected chi connectivity index (χ2v) is 12.2. The zero-order valence-electron chi connectivity index (χ0n) is 23.2. The van der Waals surface area contributed by atoms with Gasteiger partial charge in [-0.05, 0) is 42.0 Å². The van der Waals surface area contributed by atoms with E-state index in [1.807, 2.05) is 30.3 Å². The monoisotopic (exact) mass is 593 g/mol. The summed E-state index contributed by atoms with van der Waals surface area (Å²) in [6.45, 7) is 2.35. The van der Waals surface area contributed by atoms with E-state index in [1.165, 1.54) is 0 Å². The van der Waals surface area contributed by atoms with E-state index in [4.69, 9.17) is 24.3 Å². The number of sulfone groups is 1. The molecule has 222 valence electrons. The van der Waals surface area contributed by atoms with Crippen molar-refractivity contribution in [1.82, 2.24) is 10.4 Å². The number of benzene rings is 3. The number of aliphatic imine (C=N–C) groups is 1. The summed E-state index contributed by atoms with van der Waals surface area (Å²) < 4.78 is 44.3. The van der Waals surface area contributed by atoms with Gasteiger partial charge in [0, 0.05) is 38.1 Å². The minimum Gasteiger partial charge on any atom is -0.494 e. The number of nitrogens with one attached hydrogen (secondary N) is 1. The number of nitrogens with zero attached hydrogens (tertiary/aromatic N) is 2. The van der Waals surface area contributed by atoms with Crippen LogP contribution in [0.1, 0.15) is 30.1 Å². The molecule has 1 fully saturated rings. The fourth-order valence-electron chi connectivity index (χ4n) is 4.95. The average molecular weight is 594 g/mol. The van der Waals surface area contributed by atoms with Gasteiger partial charge in [-0.25, -0.2) is 18.4 Å². The predicted molar refractivity (Wildman–Crippen MR) is 157 cm³/mol. The molecule has 2 aliphatic heterocycles. The number of hydrazine groups is 1. The normalized spacial score (nSPS) is 20.9. The number of aliphatic hydroxyl groups excluding tert-OH is 1. The summed E-state index contributed by atoms with van der Waals surface area (Å²) in [5.41, 5.74) is 2.73. The van der Waals surface area contributed by atoms with Crippen LogP contribution in [0.15, 0.2) is 94.8 Å². The van der Waals surface area contributed by atoms with E-state index in [1.54, 1.807) is 59.6 Å². The molecule has 0 aromatic heterocycles. The van der Waals surface area contributed by atoms with E-state index >= 15 is 0 Å². The van der Waals surface area contributed by atoms with Crippen molar-refractivity contribution < 1.29 is 32.5 Å². The Morgan fingerprint density at radius 1 is 1.00 bits per heavy atom. The molecule has 11 heteroatoms. The lowest BCUT2D eigenvalue weighted by Crippen LogP contribution is -2.57. The molecule has 0 bridgehead atoms. The molecule has 1 saturated heterocycles. The Balaban J connectivity index is 1.52. The highest BCUT2D eigenvalue weighted by Gasteiger charge is 2.54. The third kappa shape index (κ3) is 6.81.